The van der Waals surface area contributed by atoms with Crippen LogP contribution >= 0.6 is 0 Å². The predicted octanol–water partition coefficient (Wildman–Crippen LogP) is 0.536. The van der Waals surface area contributed by atoms with E-state index in [0.717, 1.165) is 5.56 Å². The lowest BCUT2D eigenvalue weighted by Gasteiger charge is -2.06. The van der Waals surface area contributed by atoms with E-state index in [0.29, 0.717) is 11.4 Å². The first kappa shape index (κ1) is 14.0. The highest BCUT2D eigenvalue weighted by atomic mass is 32.2. The molecule has 0 aliphatic carbocycles. The molecule has 0 radical (unpaired) electrons. The number of H-pyrrole nitrogens is 1. The quantitative estimate of drug-likeness (QED) is 0.741. The molecule has 0 amide bonds. The van der Waals surface area contributed by atoms with Crippen molar-refractivity contribution in [3.8, 4) is 6.07 Å². The zero-order valence-corrected chi connectivity index (χ0v) is 11.3. The number of sulfonamides is 1. The van der Waals surface area contributed by atoms with E-state index in [-0.39, 0.29) is 17.9 Å². The Hall–Kier alpha value is -2.37. The fraction of sp³-hybridized carbons (Fsp3) is 0.167. The molecule has 7 nitrogen and oxygen atoms in total. The summed E-state index contributed by atoms with van der Waals surface area (Å²) >= 11 is 0. The van der Waals surface area contributed by atoms with Crippen LogP contribution in [0.4, 0.5) is 5.82 Å². The van der Waals surface area contributed by atoms with E-state index in [9.17, 15) is 8.42 Å². The van der Waals surface area contributed by atoms with Crippen molar-refractivity contribution in [2.45, 2.75) is 17.9 Å². The van der Waals surface area contributed by atoms with Crippen molar-refractivity contribution in [1.29, 1.82) is 5.26 Å². The summed E-state index contributed by atoms with van der Waals surface area (Å²) in [5.41, 5.74) is 6.93. The van der Waals surface area contributed by atoms with Gasteiger partial charge in [-0.15, -0.1) is 0 Å². The van der Waals surface area contributed by atoms with Crippen LogP contribution in [0.1, 0.15) is 11.1 Å². The Bertz CT molecular complexity index is 728. The Labute approximate surface area is 116 Å². The van der Waals surface area contributed by atoms with Crippen molar-refractivity contribution in [1.82, 2.24) is 14.9 Å². The fourth-order valence-electron chi connectivity index (χ4n) is 1.60. The molecular weight excluding hydrogens is 278 g/mol. The summed E-state index contributed by atoms with van der Waals surface area (Å²) in [6.07, 6.45) is 1.72. The van der Waals surface area contributed by atoms with Crippen LogP contribution in [0.15, 0.2) is 35.4 Å². The summed E-state index contributed by atoms with van der Waals surface area (Å²) in [7, 11) is -3.61. The molecule has 0 bridgehead atoms. The van der Waals surface area contributed by atoms with Gasteiger partial charge in [0.05, 0.1) is 23.6 Å². The van der Waals surface area contributed by atoms with Gasteiger partial charge in [-0.05, 0) is 17.7 Å². The highest BCUT2D eigenvalue weighted by Gasteiger charge is 2.14. The van der Waals surface area contributed by atoms with Crippen LogP contribution in [0.5, 0.6) is 0 Å². The largest absolute Gasteiger partial charge is 0.384 e. The van der Waals surface area contributed by atoms with E-state index in [1.807, 2.05) is 6.07 Å². The van der Waals surface area contributed by atoms with Crippen LogP contribution in [0.3, 0.4) is 0 Å². The van der Waals surface area contributed by atoms with E-state index >= 15 is 0 Å². The molecule has 1 aromatic heterocycles. The molecule has 0 unspecified atom stereocenters. The Balaban J connectivity index is 2.10. The van der Waals surface area contributed by atoms with Gasteiger partial charge in [-0.2, -0.15) is 10.4 Å². The standard InChI is InChI=1S/C12H13N5O2S/c13-6-5-9-1-3-11(4-2-9)20(18,19)16-8-10-7-15-17-12(10)14/h1-4,7,16H,5,8H2,(H3,14,15,17). The van der Waals surface area contributed by atoms with Crippen LogP contribution in [-0.2, 0) is 23.0 Å². The molecule has 0 saturated heterocycles. The second kappa shape index (κ2) is 5.73. The van der Waals surface area contributed by atoms with E-state index in [4.69, 9.17) is 11.0 Å². The molecular formula is C12H13N5O2S. The Morgan fingerprint density at radius 3 is 2.60 bits per heavy atom. The van der Waals surface area contributed by atoms with Crippen molar-refractivity contribution in [3.05, 3.63) is 41.6 Å². The van der Waals surface area contributed by atoms with Gasteiger partial charge < -0.3 is 5.73 Å². The third-order valence-corrected chi connectivity index (χ3v) is 4.14. The number of nitrogens with one attached hydrogen (secondary N) is 2. The van der Waals surface area contributed by atoms with Gasteiger partial charge in [0, 0.05) is 12.1 Å². The van der Waals surface area contributed by atoms with Crippen molar-refractivity contribution >= 4 is 15.8 Å². The van der Waals surface area contributed by atoms with Gasteiger partial charge in [-0.3, -0.25) is 5.10 Å². The monoisotopic (exact) mass is 291 g/mol. The minimum Gasteiger partial charge on any atom is -0.384 e. The molecule has 4 N–H and O–H groups in total. The van der Waals surface area contributed by atoms with Crippen LogP contribution in [0.2, 0.25) is 0 Å². The van der Waals surface area contributed by atoms with Gasteiger partial charge >= 0.3 is 0 Å². The molecule has 20 heavy (non-hydrogen) atoms. The Kier molecular flexibility index (Phi) is 4.02. The molecule has 104 valence electrons. The lowest BCUT2D eigenvalue weighted by molar-refractivity contribution is 0.581. The zero-order chi connectivity index (χ0) is 14.6. The Morgan fingerprint density at radius 1 is 1.35 bits per heavy atom. The summed E-state index contributed by atoms with van der Waals surface area (Å²) < 4.78 is 26.6. The summed E-state index contributed by atoms with van der Waals surface area (Å²) in [6, 6.07) is 8.16. The molecule has 1 heterocycles. The van der Waals surface area contributed by atoms with Gasteiger partial charge in [0.2, 0.25) is 10.0 Å². The minimum absolute atomic E-state index is 0.0601. The van der Waals surface area contributed by atoms with E-state index in [1.54, 1.807) is 12.1 Å². The number of nitrogen functional groups attached to an aromatic ring is 1. The molecule has 0 aliphatic rings. The fourth-order valence-corrected chi connectivity index (χ4v) is 2.60. The Morgan fingerprint density at radius 2 is 2.05 bits per heavy atom. The number of aromatic nitrogens is 2. The number of anilines is 1. The topological polar surface area (TPSA) is 125 Å². The second-order valence-corrected chi connectivity index (χ2v) is 5.88. The molecule has 2 rings (SSSR count). The molecule has 0 atom stereocenters. The highest BCUT2D eigenvalue weighted by Crippen LogP contribution is 2.12. The van der Waals surface area contributed by atoms with Crippen LogP contribution in [0.25, 0.3) is 0 Å². The van der Waals surface area contributed by atoms with E-state index in [2.05, 4.69) is 14.9 Å². The lowest BCUT2D eigenvalue weighted by atomic mass is 10.2. The number of rotatable bonds is 5. The molecule has 0 saturated carbocycles. The third kappa shape index (κ3) is 3.14. The number of nitriles is 1. The minimum atomic E-state index is -3.61. The number of benzene rings is 1. The number of nitrogens with zero attached hydrogens (tertiary/aromatic N) is 2. The maximum absolute atomic E-state index is 12.1. The number of nitrogens with two attached hydrogens (primary N) is 1. The first-order valence-electron chi connectivity index (χ1n) is 5.76. The van der Waals surface area contributed by atoms with Gasteiger partial charge in [0.15, 0.2) is 0 Å². The maximum atomic E-state index is 12.1. The van der Waals surface area contributed by atoms with Crippen LogP contribution in [-0.4, -0.2) is 18.6 Å². The van der Waals surface area contributed by atoms with Crippen molar-refractivity contribution in [2.75, 3.05) is 5.73 Å². The first-order chi connectivity index (χ1) is 9.53. The van der Waals surface area contributed by atoms with Crippen molar-refractivity contribution < 1.29 is 8.42 Å². The molecule has 1 aromatic carbocycles. The smallest absolute Gasteiger partial charge is 0.240 e. The van der Waals surface area contributed by atoms with Gasteiger partial charge in [0.25, 0.3) is 0 Å². The summed E-state index contributed by atoms with van der Waals surface area (Å²) in [5, 5.41) is 14.8. The molecule has 2 aromatic rings. The van der Waals surface area contributed by atoms with Gasteiger partial charge in [-0.25, -0.2) is 13.1 Å². The number of aromatic amines is 1. The van der Waals surface area contributed by atoms with Gasteiger partial charge in [0.1, 0.15) is 5.82 Å². The van der Waals surface area contributed by atoms with Crippen molar-refractivity contribution in [2.24, 2.45) is 0 Å². The zero-order valence-electron chi connectivity index (χ0n) is 10.5. The normalized spacial score (nSPS) is 11.2. The molecule has 0 fully saturated rings. The van der Waals surface area contributed by atoms with Crippen LogP contribution < -0.4 is 10.5 Å². The summed E-state index contributed by atoms with van der Waals surface area (Å²) in [4.78, 5) is 0.140. The lowest BCUT2D eigenvalue weighted by Crippen LogP contribution is -2.23. The average molecular weight is 291 g/mol. The number of hydrogen-bond donors (Lipinski definition) is 3. The maximum Gasteiger partial charge on any atom is 0.240 e. The highest BCUT2D eigenvalue weighted by molar-refractivity contribution is 7.89. The predicted molar refractivity (Wildman–Crippen MR) is 72.8 cm³/mol. The third-order valence-electron chi connectivity index (χ3n) is 2.72. The SMILES string of the molecule is N#CCc1ccc(S(=O)(=O)NCc2cn[nH]c2N)cc1. The average Bonchev–Trinajstić information content (AvgIpc) is 2.83. The summed E-state index contributed by atoms with van der Waals surface area (Å²) in [6.45, 7) is 0.0601. The van der Waals surface area contributed by atoms with E-state index in [1.165, 1.54) is 18.3 Å². The molecule has 0 spiro atoms. The van der Waals surface area contributed by atoms with Crippen LogP contribution in [0, 0.1) is 11.3 Å². The summed E-state index contributed by atoms with van der Waals surface area (Å²) in [5.74, 6) is 0.331. The van der Waals surface area contributed by atoms with Crippen molar-refractivity contribution in [3.63, 3.8) is 0 Å². The number of hydrogen-bond acceptors (Lipinski definition) is 5. The molecule has 8 heteroatoms. The van der Waals surface area contributed by atoms with E-state index < -0.39 is 10.0 Å². The van der Waals surface area contributed by atoms with Gasteiger partial charge in [-0.1, -0.05) is 12.1 Å². The second-order valence-electron chi connectivity index (χ2n) is 4.11. The molecule has 0 aliphatic heterocycles. The first-order valence-corrected chi connectivity index (χ1v) is 7.24.